The molecule has 3 nitrogen and oxygen atoms in total. The summed E-state index contributed by atoms with van der Waals surface area (Å²) in [4.78, 5) is 15.4. The van der Waals surface area contributed by atoms with Crippen molar-refractivity contribution >= 4 is 21.5 Å². The smallest absolute Gasteiger partial charge is 0.164 e. The van der Waals surface area contributed by atoms with Crippen molar-refractivity contribution in [3.05, 3.63) is 247 Å². The Kier molecular flexibility index (Phi) is 7.82. The van der Waals surface area contributed by atoms with Gasteiger partial charge in [0.15, 0.2) is 17.5 Å². The van der Waals surface area contributed by atoms with Crippen molar-refractivity contribution in [3.8, 4) is 78.7 Å². The van der Waals surface area contributed by atoms with Gasteiger partial charge in [0.05, 0.1) is 5.41 Å². The first-order chi connectivity index (χ1) is 31.2. The molecule has 0 unspecified atom stereocenters. The summed E-state index contributed by atoms with van der Waals surface area (Å²) in [6, 6.07) is 81.2. The van der Waals surface area contributed by atoms with E-state index < -0.39 is 0 Å². The fourth-order valence-electron chi connectivity index (χ4n) is 10.4. The maximum absolute atomic E-state index is 5.16. The van der Waals surface area contributed by atoms with Crippen LogP contribution in [0.3, 0.4) is 0 Å². The van der Waals surface area contributed by atoms with Gasteiger partial charge in [0.25, 0.3) is 0 Å². The zero-order valence-corrected chi connectivity index (χ0v) is 34.2. The molecule has 0 fully saturated rings. The second kappa shape index (κ2) is 13.9. The Labute approximate surface area is 365 Å². The third kappa shape index (κ3) is 5.50. The maximum Gasteiger partial charge on any atom is 0.164 e. The Hall–Kier alpha value is -8.27. The van der Waals surface area contributed by atoms with Gasteiger partial charge >= 0.3 is 0 Å². The van der Waals surface area contributed by atoms with Crippen LogP contribution in [0.1, 0.15) is 22.3 Å². The van der Waals surface area contributed by atoms with Gasteiger partial charge < -0.3 is 0 Å². The van der Waals surface area contributed by atoms with Gasteiger partial charge in [0, 0.05) is 16.7 Å². The monoisotopic (exact) mass is 799 g/mol. The lowest BCUT2D eigenvalue weighted by atomic mass is 9.70. The molecule has 11 aromatic rings. The minimum Gasteiger partial charge on any atom is -0.208 e. The summed E-state index contributed by atoms with van der Waals surface area (Å²) in [5, 5.41) is 4.65. The van der Waals surface area contributed by atoms with Gasteiger partial charge in [-0.3, -0.25) is 0 Å². The van der Waals surface area contributed by atoms with E-state index in [0.29, 0.717) is 17.5 Å². The first kappa shape index (κ1) is 35.5. The lowest BCUT2D eigenvalue weighted by molar-refractivity contribution is 0.794. The number of benzene rings is 10. The highest BCUT2D eigenvalue weighted by atomic mass is 15.0. The summed E-state index contributed by atoms with van der Waals surface area (Å²) in [6.45, 7) is 0. The topological polar surface area (TPSA) is 38.7 Å². The van der Waals surface area contributed by atoms with Crippen molar-refractivity contribution in [1.82, 2.24) is 15.0 Å². The van der Waals surface area contributed by atoms with Crippen LogP contribution in [0.5, 0.6) is 0 Å². The Balaban J connectivity index is 0.922. The predicted octanol–water partition coefficient (Wildman–Crippen LogP) is 14.9. The molecule has 13 rings (SSSR count). The first-order valence-electron chi connectivity index (χ1n) is 21.6. The van der Waals surface area contributed by atoms with E-state index in [9.17, 15) is 0 Å². The van der Waals surface area contributed by atoms with Crippen LogP contribution < -0.4 is 0 Å². The fraction of sp³-hybridized carbons (Fsp3) is 0.0167. The minimum atomic E-state index is -0.386. The molecule has 0 N–H and O–H groups in total. The van der Waals surface area contributed by atoms with Gasteiger partial charge in [0.2, 0.25) is 0 Å². The predicted molar refractivity (Wildman–Crippen MR) is 258 cm³/mol. The lowest BCUT2D eigenvalue weighted by Crippen LogP contribution is -2.25. The van der Waals surface area contributed by atoms with E-state index in [1.807, 2.05) is 0 Å². The molecule has 0 atom stereocenters. The van der Waals surface area contributed by atoms with Crippen LogP contribution >= 0.6 is 0 Å². The van der Waals surface area contributed by atoms with E-state index in [1.165, 1.54) is 66.4 Å². The molecule has 1 aromatic heterocycles. The third-order valence-electron chi connectivity index (χ3n) is 13.3. The van der Waals surface area contributed by atoms with Gasteiger partial charge in [0.1, 0.15) is 0 Å². The van der Waals surface area contributed by atoms with Crippen LogP contribution in [-0.4, -0.2) is 15.0 Å². The van der Waals surface area contributed by atoms with Crippen LogP contribution in [-0.2, 0) is 5.41 Å². The minimum absolute atomic E-state index is 0.386. The van der Waals surface area contributed by atoms with Gasteiger partial charge in [-0.2, -0.15) is 0 Å². The van der Waals surface area contributed by atoms with E-state index in [2.05, 4.69) is 224 Å². The molecule has 2 aliphatic carbocycles. The Morgan fingerprint density at radius 2 is 0.571 bits per heavy atom. The molecule has 0 bridgehead atoms. The van der Waals surface area contributed by atoms with Crippen LogP contribution in [0.15, 0.2) is 224 Å². The summed E-state index contributed by atoms with van der Waals surface area (Å²) in [5.74, 6) is 1.92. The maximum atomic E-state index is 5.16. The van der Waals surface area contributed by atoms with Crippen LogP contribution in [0, 0.1) is 0 Å². The average molecular weight is 800 g/mol. The number of nitrogens with zero attached hydrogens (tertiary/aromatic N) is 3. The fourth-order valence-corrected chi connectivity index (χ4v) is 10.4. The Bertz CT molecular complexity index is 3500. The molecular weight excluding hydrogens is 763 g/mol. The first-order valence-corrected chi connectivity index (χ1v) is 21.6. The zero-order chi connectivity index (χ0) is 41.5. The second-order valence-corrected chi connectivity index (χ2v) is 16.7. The molecule has 0 amide bonds. The number of rotatable bonds is 5. The van der Waals surface area contributed by atoms with E-state index >= 15 is 0 Å². The van der Waals surface area contributed by atoms with Gasteiger partial charge in [-0.1, -0.05) is 194 Å². The highest BCUT2D eigenvalue weighted by molar-refractivity contribution is 5.96. The summed E-state index contributed by atoms with van der Waals surface area (Å²) in [6.07, 6.45) is 0. The van der Waals surface area contributed by atoms with Crippen molar-refractivity contribution in [1.29, 1.82) is 0 Å². The van der Waals surface area contributed by atoms with Crippen molar-refractivity contribution in [2.75, 3.05) is 0 Å². The summed E-state index contributed by atoms with van der Waals surface area (Å²) in [5.41, 5.74) is 17.7. The quantitative estimate of drug-likeness (QED) is 0.174. The summed E-state index contributed by atoms with van der Waals surface area (Å²) in [7, 11) is 0. The summed E-state index contributed by atoms with van der Waals surface area (Å²) < 4.78 is 0. The molecule has 1 heterocycles. The molecule has 1 spiro atoms. The molecule has 0 saturated carbocycles. The van der Waals surface area contributed by atoms with Crippen molar-refractivity contribution in [3.63, 3.8) is 0 Å². The largest absolute Gasteiger partial charge is 0.208 e. The third-order valence-corrected chi connectivity index (χ3v) is 13.3. The Morgan fingerprint density at radius 3 is 1.06 bits per heavy atom. The Morgan fingerprint density at radius 1 is 0.222 bits per heavy atom. The highest BCUT2D eigenvalue weighted by Crippen LogP contribution is 2.63. The van der Waals surface area contributed by atoms with Crippen molar-refractivity contribution < 1.29 is 0 Å². The number of fused-ring (bicyclic) bond motifs is 12. The molecule has 2 aliphatic rings. The van der Waals surface area contributed by atoms with E-state index in [-0.39, 0.29) is 5.41 Å². The van der Waals surface area contributed by atoms with Crippen molar-refractivity contribution in [2.24, 2.45) is 0 Å². The molecule has 292 valence electrons. The van der Waals surface area contributed by atoms with Gasteiger partial charge in [-0.05, 0) is 119 Å². The second-order valence-electron chi connectivity index (χ2n) is 16.7. The average Bonchev–Trinajstić information content (AvgIpc) is 3.83. The molecule has 63 heavy (non-hydrogen) atoms. The molecule has 3 heteroatoms. The highest BCUT2D eigenvalue weighted by Gasteiger charge is 2.51. The number of hydrogen-bond donors (Lipinski definition) is 0. The summed E-state index contributed by atoms with van der Waals surface area (Å²) >= 11 is 0. The molecule has 0 saturated heterocycles. The van der Waals surface area contributed by atoms with Gasteiger partial charge in [-0.15, -0.1) is 0 Å². The number of hydrogen-bond acceptors (Lipinski definition) is 3. The van der Waals surface area contributed by atoms with E-state index in [4.69, 9.17) is 15.0 Å². The van der Waals surface area contributed by atoms with Crippen LogP contribution in [0.4, 0.5) is 0 Å². The van der Waals surface area contributed by atoms with Crippen LogP contribution in [0.2, 0.25) is 0 Å². The normalized spacial score (nSPS) is 12.9. The van der Waals surface area contributed by atoms with E-state index in [1.54, 1.807) is 0 Å². The lowest BCUT2D eigenvalue weighted by Gasteiger charge is -2.30. The van der Waals surface area contributed by atoms with Crippen molar-refractivity contribution in [2.45, 2.75) is 5.41 Å². The number of aromatic nitrogens is 3. The molecule has 10 aromatic carbocycles. The van der Waals surface area contributed by atoms with E-state index in [0.717, 1.165) is 38.6 Å². The molecule has 0 radical (unpaired) electrons. The molecule has 0 aliphatic heterocycles. The molecular formula is C60H37N3. The van der Waals surface area contributed by atoms with Crippen LogP contribution in [0.25, 0.3) is 100 Å². The zero-order valence-electron chi connectivity index (χ0n) is 34.2. The van der Waals surface area contributed by atoms with Gasteiger partial charge in [-0.25, -0.2) is 15.0 Å². The SMILES string of the molecule is c1cc(-c2cccc(-c3nc(-c4ccc5ccccc5c4)nc(-c4ccc5ccccc5c4)n3)c2)cc(-c2ccc3c(c2)C2(c4ccccc4-c4ccccc42)c2ccccc2-3)c1. The standard InChI is InChI=1S/C60H37N3/c1-3-15-40-34-47(29-27-38(40)13-1)58-61-57(62-59(63-58)48-30-28-39-14-2-4-16-41(39)35-48)46-20-12-19-44(36-46)42-17-11-18-43(33-42)45-31-32-52-51-23-7-10-26-55(51)60(56(52)37-45)53-24-8-5-21-49(53)50-22-6-9-25-54(50)60/h1-37H.